The molecule has 0 N–H and O–H groups in total. The molecule has 3 heterocycles. The Hall–Kier alpha value is -3.69. The van der Waals surface area contributed by atoms with E-state index in [1.54, 1.807) is 54.8 Å². The molecular formula is C22H22N4O6. The van der Waals surface area contributed by atoms with E-state index in [-0.39, 0.29) is 11.7 Å². The van der Waals surface area contributed by atoms with E-state index in [1.165, 1.54) is 12.1 Å². The van der Waals surface area contributed by atoms with Crippen LogP contribution in [0.4, 0.5) is 21.0 Å². The third kappa shape index (κ3) is 2.82. The quantitative estimate of drug-likeness (QED) is 0.404. The second kappa shape index (κ2) is 6.65. The largest absolute Gasteiger partial charge is 0.444 e. The molecule has 0 aromatic heterocycles. The summed E-state index contributed by atoms with van der Waals surface area (Å²) in [5.41, 5.74) is -0.461. The van der Waals surface area contributed by atoms with Gasteiger partial charge in [0, 0.05) is 18.0 Å². The van der Waals surface area contributed by atoms with Crippen LogP contribution in [0.3, 0.4) is 0 Å². The van der Waals surface area contributed by atoms with Crippen LogP contribution in [0.5, 0.6) is 0 Å². The Morgan fingerprint density at radius 3 is 2.47 bits per heavy atom. The molecule has 0 spiro atoms. The van der Waals surface area contributed by atoms with Crippen molar-refractivity contribution in [3.8, 4) is 0 Å². The Balaban J connectivity index is 1.51. The lowest BCUT2D eigenvalue weighted by Gasteiger charge is -2.35. The molecule has 10 heteroatoms. The van der Waals surface area contributed by atoms with Crippen molar-refractivity contribution >= 4 is 40.2 Å². The third-order valence-electron chi connectivity index (χ3n) is 6.21. The van der Waals surface area contributed by atoms with Crippen molar-refractivity contribution in [3.63, 3.8) is 0 Å². The molecule has 2 aromatic carbocycles. The number of benzene rings is 2. The number of nitrogens with zero attached hydrogens (tertiary/aromatic N) is 4. The lowest BCUT2D eigenvalue weighted by molar-refractivity contribution is -0.383. The van der Waals surface area contributed by atoms with Crippen LogP contribution >= 0.6 is 0 Å². The van der Waals surface area contributed by atoms with Gasteiger partial charge in [-0.25, -0.2) is 14.5 Å². The number of hydrogen-bond acceptors (Lipinski definition) is 6. The van der Waals surface area contributed by atoms with E-state index in [0.717, 1.165) is 4.90 Å². The predicted molar refractivity (Wildman–Crippen MR) is 114 cm³/mol. The first-order valence-corrected chi connectivity index (χ1v) is 10.4. The molecule has 3 aliphatic heterocycles. The molecule has 3 atom stereocenters. The summed E-state index contributed by atoms with van der Waals surface area (Å²) in [4.78, 5) is 54.6. The number of piperazine rings is 1. The molecule has 0 saturated carbocycles. The summed E-state index contributed by atoms with van der Waals surface area (Å²) in [6.07, 6.45) is 0.0279. The van der Waals surface area contributed by atoms with Crippen LogP contribution in [0, 0.1) is 10.1 Å². The van der Waals surface area contributed by atoms with Crippen molar-refractivity contribution in [3.05, 3.63) is 46.5 Å². The Bertz CT molecular complexity index is 1190. The zero-order valence-corrected chi connectivity index (χ0v) is 17.8. The normalized spacial score (nSPS) is 24.5. The van der Waals surface area contributed by atoms with Gasteiger partial charge in [0.1, 0.15) is 11.6 Å². The van der Waals surface area contributed by atoms with E-state index >= 15 is 0 Å². The van der Waals surface area contributed by atoms with Crippen LogP contribution in [-0.4, -0.2) is 63.0 Å². The SMILES string of the molecule is CC(C)(C)OC(=O)N1C[C@@H]2C[C@H]1[C@H]1C(=O)N(c3ccc([N+](=O)[O-])c4ccccc34)C(=O)N21. The maximum Gasteiger partial charge on any atom is 0.410 e. The van der Waals surface area contributed by atoms with Crippen LogP contribution in [0.2, 0.25) is 0 Å². The average Bonchev–Trinajstić information content (AvgIpc) is 3.37. The summed E-state index contributed by atoms with van der Waals surface area (Å²) in [5.74, 6) is -0.435. The Labute approximate surface area is 183 Å². The first-order valence-electron chi connectivity index (χ1n) is 10.4. The minimum Gasteiger partial charge on any atom is -0.444 e. The van der Waals surface area contributed by atoms with Crippen molar-refractivity contribution in [1.29, 1.82) is 0 Å². The molecule has 0 aliphatic carbocycles. The lowest BCUT2D eigenvalue weighted by atomic mass is 10.0. The van der Waals surface area contributed by atoms with E-state index < -0.39 is 40.6 Å². The van der Waals surface area contributed by atoms with Crippen LogP contribution < -0.4 is 4.90 Å². The summed E-state index contributed by atoms with van der Waals surface area (Å²) in [6, 6.07) is 7.39. The predicted octanol–water partition coefficient (Wildman–Crippen LogP) is 3.28. The van der Waals surface area contributed by atoms with Crippen LogP contribution in [0.1, 0.15) is 27.2 Å². The number of nitro groups is 1. The maximum absolute atomic E-state index is 13.5. The van der Waals surface area contributed by atoms with Crippen molar-refractivity contribution < 1.29 is 24.0 Å². The van der Waals surface area contributed by atoms with Crippen molar-refractivity contribution in [2.75, 3.05) is 11.4 Å². The number of carbonyl (C=O) groups excluding carboxylic acids is 3. The summed E-state index contributed by atoms with van der Waals surface area (Å²) >= 11 is 0. The second-order valence-electron chi connectivity index (χ2n) is 9.30. The minimum absolute atomic E-state index is 0.0971. The number of fused-ring (bicyclic) bond motifs is 6. The van der Waals surface area contributed by atoms with Gasteiger partial charge in [-0.15, -0.1) is 0 Å². The van der Waals surface area contributed by atoms with Gasteiger partial charge in [0.2, 0.25) is 0 Å². The smallest absolute Gasteiger partial charge is 0.410 e. The first-order chi connectivity index (χ1) is 15.1. The molecule has 10 nitrogen and oxygen atoms in total. The number of likely N-dealkylation sites (tertiary alicyclic amines) is 1. The van der Waals surface area contributed by atoms with E-state index in [9.17, 15) is 24.5 Å². The van der Waals surface area contributed by atoms with Gasteiger partial charge in [-0.2, -0.15) is 0 Å². The molecule has 3 fully saturated rings. The number of nitro benzene ring substituents is 1. The average molecular weight is 438 g/mol. The van der Waals surface area contributed by atoms with Crippen molar-refractivity contribution in [1.82, 2.24) is 9.80 Å². The van der Waals surface area contributed by atoms with E-state index in [2.05, 4.69) is 0 Å². The number of carbonyl (C=O) groups is 3. The lowest BCUT2D eigenvalue weighted by Crippen LogP contribution is -2.55. The van der Waals surface area contributed by atoms with E-state index in [4.69, 9.17) is 4.74 Å². The Kier molecular flexibility index (Phi) is 4.20. The van der Waals surface area contributed by atoms with Crippen LogP contribution in [0.15, 0.2) is 36.4 Å². The Morgan fingerprint density at radius 2 is 1.81 bits per heavy atom. The van der Waals surface area contributed by atoms with Crippen molar-refractivity contribution in [2.24, 2.45) is 0 Å². The number of non-ortho nitro benzene ring substituents is 1. The molecule has 3 aliphatic rings. The number of hydrogen-bond donors (Lipinski definition) is 0. The molecule has 3 saturated heterocycles. The highest BCUT2D eigenvalue weighted by molar-refractivity contribution is 6.25. The Morgan fingerprint density at radius 1 is 1.12 bits per heavy atom. The van der Waals surface area contributed by atoms with Gasteiger partial charge < -0.3 is 14.5 Å². The number of anilines is 1. The first kappa shape index (κ1) is 20.2. The van der Waals surface area contributed by atoms with Gasteiger partial charge in [0.25, 0.3) is 11.6 Å². The van der Waals surface area contributed by atoms with Gasteiger partial charge in [-0.3, -0.25) is 14.9 Å². The van der Waals surface area contributed by atoms with E-state index in [0.29, 0.717) is 29.4 Å². The van der Waals surface area contributed by atoms with Crippen LogP contribution in [-0.2, 0) is 9.53 Å². The molecule has 32 heavy (non-hydrogen) atoms. The van der Waals surface area contributed by atoms with E-state index in [1.807, 2.05) is 0 Å². The number of urea groups is 1. The van der Waals surface area contributed by atoms with Gasteiger partial charge in [-0.1, -0.05) is 18.2 Å². The van der Waals surface area contributed by atoms with Crippen LogP contribution in [0.25, 0.3) is 10.8 Å². The molecule has 0 radical (unpaired) electrons. The molecule has 2 bridgehead atoms. The number of imide groups is 1. The molecule has 166 valence electrons. The summed E-state index contributed by atoms with van der Waals surface area (Å²) in [6.45, 7) is 5.63. The molecule has 5 rings (SSSR count). The zero-order valence-electron chi connectivity index (χ0n) is 17.8. The number of ether oxygens (including phenoxy) is 1. The number of rotatable bonds is 2. The molecule has 2 aromatic rings. The fourth-order valence-electron chi connectivity index (χ4n) is 5.03. The standard InChI is InChI=1S/C22H22N4O6/c1-22(2,3)32-21(29)23-11-12-10-17(23)18-19(27)25(20(28)24(12)18)15-8-9-16(26(30)31)14-7-5-4-6-13(14)15/h4-9,12,17-18H,10-11H2,1-3H3/t12-,17-,18-/m0/s1. The minimum atomic E-state index is -0.789. The second-order valence-corrected chi connectivity index (χ2v) is 9.30. The summed E-state index contributed by atoms with van der Waals surface area (Å²) in [5, 5.41) is 12.2. The van der Waals surface area contributed by atoms with Crippen molar-refractivity contribution in [2.45, 2.75) is 50.9 Å². The zero-order chi connectivity index (χ0) is 22.9. The van der Waals surface area contributed by atoms with Gasteiger partial charge in [0.05, 0.1) is 28.1 Å². The van der Waals surface area contributed by atoms with Gasteiger partial charge >= 0.3 is 12.1 Å². The molecule has 0 unspecified atom stereocenters. The fraction of sp³-hybridized carbons (Fsp3) is 0.409. The number of amides is 4. The summed E-state index contributed by atoms with van der Waals surface area (Å²) in [7, 11) is 0. The highest BCUT2D eigenvalue weighted by atomic mass is 16.6. The van der Waals surface area contributed by atoms with Gasteiger partial charge in [-0.05, 0) is 39.3 Å². The molecule has 4 amide bonds. The highest BCUT2D eigenvalue weighted by Crippen LogP contribution is 2.44. The molecular weight excluding hydrogens is 416 g/mol. The fourth-order valence-corrected chi connectivity index (χ4v) is 5.03. The highest BCUT2D eigenvalue weighted by Gasteiger charge is 2.63. The van der Waals surface area contributed by atoms with Gasteiger partial charge in [0.15, 0.2) is 0 Å². The summed E-state index contributed by atoms with van der Waals surface area (Å²) < 4.78 is 5.48. The topological polar surface area (TPSA) is 113 Å². The monoisotopic (exact) mass is 438 g/mol. The third-order valence-corrected chi connectivity index (χ3v) is 6.21. The maximum atomic E-state index is 13.5.